The molecule has 0 aliphatic carbocycles. The van der Waals surface area contributed by atoms with Gasteiger partial charge < -0.3 is 0 Å². The largest absolute Gasteiger partial charge is 0.239 e. The van der Waals surface area contributed by atoms with E-state index in [-0.39, 0.29) is 0 Å². The molecular weight excluding hydrogens is 152 g/mol. The number of hydrogen-bond donors (Lipinski definition) is 1. The topological polar surface area (TPSA) is 60.2 Å². The maximum absolute atomic E-state index is 11.2. The first-order chi connectivity index (χ1) is 3.92. The predicted molar refractivity (Wildman–Crippen MR) is 28.6 cm³/mol. The van der Waals surface area contributed by atoms with Crippen molar-refractivity contribution in [1.29, 1.82) is 0 Å². The number of hydrogen-bond acceptors (Lipinski definition) is 2. The molecule has 0 radical (unpaired) electrons. The highest BCUT2D eigenvalue weighted by Gasteiger charge is 2.08. The van der Waals surface area contributed by atoms with Crippen molar-refractivity contribution >= 4 is 10.0 Å². The van der Waals surface area contributed by atoms with E-state index >= 15 is 0 Å². The fourth-order valence-corrected chi connectivity index (χ4v) is 0.760. The number of alkyl halides is 2. The van der Waals surface area contributed by atoms with Gasteiger partial charge in [-0.1, -0.05) is 0 Å². The van der Waals surface area contributed by atoms with Crippen LogP contribution in [-0.2, 0) is 10.0 Å². The Morgan fingerprint density at radius 1 is 1.44 bits per heavy atom. The molecule has 0 bridgehead atoms. The fraction of sp³-hybridized carbons (Fsp3) is 1.00. The molecule has 0 atom stereocenters. The molecule has 0 saturated heterocycles. The molecule has 0 aromatic carbocycles. The third-order valence-corrected chi connectivity index (χ3v) is 1.43. The molecule has 0 heterocycles. The fourth-order valence-electron chi connectivity index (χ4n) is 0.253. The molecule has 6 heteroatoms. The van der Waals surface area contributed by atoms with Crippen LogP contribution in [0.25, 0.3) is 0 Å². The first-order valence-corrected chi connectivity index (χ1v) is 3.92. The standard InChI is InChI=1S/C3H7F2NO2S/c4-3(5)1-2-9(6,7)8/h3H,1-2H2,(H2,6,7,8). The van der Waals surface area contributed by atoms with Gasteiger partial charge in [0.15, 0.2) is 0 Å². The average Bonchev–Trinajstić information content (AvgIpc) is 1.59. The lowest BCUT2D eigenvalue weighted by atomic mass is 10.5. The van der Waals surface area contributed by atoms with Crippen LogP contribution in [0, 0.1) is 0 Å². The highest BCUT2D eigenvalue weighted by Crippen LogP contribution is 1.99. The summed E-state index contributed by atoms with van der Waals surface area (Å²) in [5.74, 6) is -0.648. The lowest BCUT2D eigenvalue weighted by molar-refractivity contribution is 0.145. The van der Waals surface area contributed by atoms with Crippen LogP contribution in [0.2, 0.25) is 0 Å². The minimum atomic E-state index is -3.70. The number of sulfonamides is 1. The summed E-state index contributed by atoms with van der Waals surface area (Å²) in [5.41, 5.74) is 0. The molecule has 0 aromatic rings. The van der Waals surface area contributed by atoms with Crippen LogP contribution in [-0.4, -0.2) is 20.6 Å². The second-order valence-corrected chi connectivity index (χ2v) is 3.28. The Balaban J connectivity index is 3.53. The van der Waals surface area contributed by atoms with Crippen molar-refractivity contribution in [1.82, 2.24) is 0 Å². The van der Waals surface area contributed by atoms with Gasteiger partial charge >= 0.3 is 0 Å². The molecule has 0 unspecified atom stereocenters. The van der Waals surface area contributed by atoms with Crippen LogP contribution >= 0.6 is 0 Å². The maximum Gasteiger partial charge on any atom is 0.239 e. The molecule has 0 aliphatic rings. The molecule has 0 amide bonds. The van der Waals surface area contributed by atoms with Crippen LogP contribution in [0.5, 0.6) is 0 Å². The van der Waals surface area contributed by atoms with Crippen molar-refractivity contribution in [2.45, 2.75) is 12.8 Å². The molecule has 0 saturated carbocycles. The summed E-state index contributed by atoms with van der Waals surface area (Å²) in [5, 5.41) is 4.42. The van der Waals surface area contributed by atoms with E-state index in [0.717, 1.165) is 0 Å². The van der Waals surface area contributed by atoms with Gasteiger partial charge in [-0.05, 0) is 0 Å². The first-order valence-electron chi connectivity index (χ1n) is 2.20. The van der Waals surface area contributed by atoms with Gasteiger partial charge in [-0.3, -0.25) is 0 Å². The highest BCUT2D eigenvalue weighted by molar-refractivity contribution is 7.89. The molecule has 0 aromatic heterocycles. The van der Waals surface area contributed by atoms with Crippen molar-refractivity contribution < 1.29 is 17.2 Å². The summed E-state index contributed by atoms with van der Waals surface area (Å²) >= 11 is 0. The monoisotopic (exact) mass is 159 g/mol. The summed E-state index contributed by atoms with van der Waals surface area (Å²) in [6.07, 6.45) is -3.28. The smallest absolute Gasteiger partial charge is 0.229 e. The van der Waals surface area contributed by atoms with Crippen LogP contribution in [0.1, 0.15) is 6.42 Å². The number of rotatable bonds is 3. The summed E-state index contributed by atoms with van der Waals surface area (Å²) in [7, 11) is -3.70. The van der Waals surface area contributed by atoms with E-state index in [4.69, 9.17) is 0 Å². The zero-order chi connectivity index (χ0) is 7.49. The van der Waals surface area contributed by atoms with Gasteiger partial charge in [0.05, 0.1) is 5.75 Å². The van der Waals surface area contributed by atoms with Gasteiger partial charge in [0.25, 0.3) is 0 Å². The lowest BCUT2D eigenvalue weighted by Crippen LogP contribution is -2.18. The van der Waals surface area contributed by atoms with E-state index in [1.165, 1.54) is 0 Å². The van der Waals surface area contributed by atoms with Crippen LogP contribution < -0.4 is 5.14 Å². The van der Waals surface area contributed by atoms with E-state index in [9.17, 15) is 17.2 Å². The summed E-state index contributed by atoms with van der Waals surface area (Å²) in [6, 6.07) is 0. The summed E-state index contributed by atoms with van der Waals surface area (Å²) in [6.45, 7) is 0. The Morgan fingerprint density at radius 3 is 2.00 bits per heavy atom. The van der Waals surface area contributed by atoms with E-state index in [0.29, 0.717) is 0 Å². The van der Waals surface area contributed by atoms with Crippen molar-refractivity contribution in [3.8, 4) is 0 Å². The lowest BCUT2D eigenvalue weighted by Gasteiger charge is -1.94. The normalized spacial score (nSPS) is 12.4. The van der Waals surface area contributed by atoms with Crippen LogP contribution in [0.15, 0.2) is 0 Å². The number of primary sulfonamides is 1. The Morgan fingerprint density at radius 2 is 1.89 bits per heavy atom. The molecular formula is C3H7F2NO2S. The van der Waals surface area contributed by atoms with Crippen molar-refractivity contribution in [2.75, 3.05) is 5.75 Å². The number of halogens is 2. The number of nitrogens with two attached hydrogens (primary N) is 1. The summed E-state index contributed by atoms with van der Waals surface area (Å²) < 4.78 is 42.5. The third-order valence-electron chi connectivity index (χ3n) is 0.621. The van der Waals surface area contributed by atoms with Crippen molar-refractivity contribution in [3.05, 3.63) is 0 Å². The van der Waals surface area contributed by atoms with Crippen molar-refractivity contribution in [2.24, 2.45) is 5.14 Å². The molecule has 0 spiro atoms. The predicted octanol–water partition coefficient (Wildman–Crippen LogP) is -0.0699. The van der Waals surface area contributed by atoms with E-state index in [1.54, 1.807) is 0 Å². The molecule has 0 fully saturated rings. The second kappa shape index (κ2) is 3.07. The first kappa shape index (κ1) is 8.77. The van der Waals surface area contributed by atoms with E-state index in [1.807, 2.05) is 0 Å². The van der Waals surface area contributed by atoms with Gasteiger partial charge in [0.2, 0.25) is 16.4 Å². The average molecular weight is 159 g/mol. The third kappa shape index (κ3) is 7.77. The van der Waals surface area contributed by atoms with E-state index < -0.39 is 28.6 Å². The summed E-state index contributed by atoms with van der Waals surface area (Å²) in [4.78, 5) is 0. The molecule has 0 aliphatic heterocycles. The molecule has 56 valence electrons. The zero-order valence-electron chi connectivity index (χ0n) is 4.55. The van der Waals surface area contributed by atoms with Gasteiger partial charge in [0.1, 0.15) is 0 Å². The Kier molecular flexibility index (Phi) is 2.99. The molecule has 3 nitrogen and oxygen atoms in total. The molecule has 9 heavy (non-hydrogen) atoms. The zero-order valence-corrected chi connectivity index (χ0v) is 5.37. The minimum absolute atomic E-state index is 0.648. The van der Waals surface area contributed by atoms with Gasteiger partial charge in [-0.2, -0.15) is 0 Å². The van der Waals surface area contributed by atoms with Crippen molar-refractivity contribution in [3.63, 3.8) is 0 Å². The van der Waals surface area contributed by atoms with Gasteiger partial charge in [0, 0.05) is 6.42 Å². The minimum Gasteiger partial charge on any atom is -0.229 e. The van der Waals surface area contributed by atoms with Gasteiger partial charge in [-0.25, -0.2) is 22.3 Å². The van der Waals surface area contributed by atoms with Crippen LogP contribution in [0.4, 0.5) is 8.78 Å². The Hall–Kier alpha value is -0.230. The SMILES string of the molecule is NS(=O)(=O)CCC(F)F. The highest BCUT2D eigenvalue weighted by atomic mass is 32.2. The quantitative estimate of drug-likeness (QED) is 0.626. The molecule has 0 rings (SSSR count). The Bertz CT molecular complexity index is 165. The second-order valence-electron chi connectivity index (χ2n) is 1.55. The Labute approximate surface area is 51.9 Å². The maximum atomic E-state index is 11.2. The van der Waals surface area contributed by atoms with Crippen LogP contribution in [0.3, 0.4) is 0 Å². The van der Waals surface area contributed by atoms with Gasteiger partial charge in [-0.15, -0.1) is 0 Å². The molecule has 2 N–H and O–H groups in total. The van der Waals surface area contributed by atoms with E-state index in [2.05, 4.69) is 5.14 Å².